The fraction of sp³-hybridized carbons (Fsp3) is 0.846. The molecule has 0 spiro atoms. The van der Waals surface area contributed by atoms with Crippen molar-refractivity contribution in [2.45, 2.75) is 34.1 Å². The summed E-state index contributed by atoms with van der Waals surface area (Å²) in [6.45, 7) is 4.10. The number of hydrogen-bond acceptors (Lipinski definition) is 4. The summed E-state index contributed by atoms with van der Waals surface area (Å²) in [5.41, 5.74) is -2.35. The van der Waals surface area contributed by atoms with Crippen LogP contribution in [0.4, 0.5) is 8.78 Å². The van der Waals surface area contributed by atoms with Crippen molar-refractivity contribution in [2.24, 2.45) is 10.8 Å². The van der Waals surface area contributed by atoms with Gasteiger partial charge >= 0.3 is 11.9 Å². The molecule has 1 unspecified atom stereocenters. The van der Waals surface area contributed by atoms with E-state index in [0.29, 0.717) is 6.42 Å². The topological polar surface area (TPSA) is 52.6 Å². The van der Waals surface area contributed by atoms with Gasteiger partial charge in [-0.2, -0.15) is 0 Å². The van der Waals surface area contributed by atoms with Crippen LogP contribution in [-0.4, -0.2) is 38.5 Å². The molecule has 0 N–H and O–H groups in total. The third kappa shape index (κ3) is 3.88. The zero-order valence-corrected chi connectivity index (χ0v) is 11.9. The van der Waals surface area contributed by atoms with Crippen LogP contribution in [-0.2, 0) is 19.1 Å². The van der Waals surface area contributed by atoms with E-state index < -0.39 is 36.1 Å². The van der Waals surface area contributed by atoms with Crippen LogP contribution < -0.4 is 0 Å². The molecule has 0 radical (unpaired) electrons. The standard InChI is InChI=1S/C13H22F2O4/c1-5-13(4,11(17)19-9-7-15)12(2,3)10(16)18-8-6-14/h5-9H2,1-4H3. The molecule has 0 aromatic carbocycles. The lowest BCUT2D eigenvalue weighted by molar-refractivity contribution is -0.178. The third-order valence-electron chi connectivity index (χ3n) is 3.67. The van der Waals surface area contributed by atoms with Crippen LogP contribution in [0.2, 0.25) is 0 Å². The van der Waals surface area contributed by atoms with Crippen molar-refractivity contribution >= 4 is 11.9 Å². The Kier molecular flexibility index (Phi) is 6.94. The number of carbonyl (C=O) groups is 2. The van der Waals surface area contributed by atoms with Crippen LogP contribution in [0.15, 0.2) is 0 Å². The normalized spacial score (nSPS) is 14.6. The highest BCUT2D eigenvalue weighted by Crippen LogP contribution is 2.43. The molecule has 6 heteroatoms. The number of ether oxygens (including phenoxy) is 2. The van der Waals surface area contributed by atoms with Crippen molar-refractivity contribution in [1.82, 2.24) is 0 Å². The smallest absolute Gasteiger partial charge is 0.313 e. The second-order valence-electron chi connectivity index (χ2n) is 4.96. The maximum atomic E-state index is 12.1. The van der Waals surface area contributed by atoms with Crippen molar-refractivity contribution < 1.29 is 27.8 Å². The molecule has 0 heterocycles. The molecule has 0 saturated heterocycles. The zero-order chi connectivity index (χ0) is 15.1. The number of halogens is 2. The molecular weight excluding hydrogens is 258 g/mol. The van der Waals surface area contributed by atoms with Crippen LogP contribution in [0.25, 0.3) is 0 Å². The lowest BCUT2D eigenvalue weighted by Gasteiger charge is -2.39. The van der Waals surface area contributed by atoms with Gasteiger partial charge in [0.1, 0.15) is 26.6 Å². The molecule has 0 fully saturated rings. The van der Waals surface area contributed by atoms with Gasteiger partial charge in [0.25, 0.3) is 0 Å². The summed E-state index contributed by atoms with van der Waals surface area (Å²) in [4.78, 5) is 23.9. The summed E-state index contributed by atoms with van der Waals surface area (Å²) in [5.74, 6) is -1.33. The molecule has 0 bridgehead atoms. The molecule has 19 heavy (non-hydrogen) atoms. The Bertz CT molecular complexity index is 318. The van der Waals surface area contributed by atoms with E-state index in [9.17, 15) is 18.4 Å². The Hall–Kier alpha value is -1.20. The fourth-order valence-electron chi connectivity index (χ4n) is 1.67. The summed E-state index contributed by atoms with van der Waals surface area (Å²) in [7, 11) is 0. The van der Waals surface area contributed by atoms with Gasteiger partial charge in [-0.25, -0.2) is 8.78 Å². The minimum Gasteiger partial charge on any atom is -0.462 e. The average molecular weight is 280 g/mol. The van der Waals surface area contributed by atoms with Gasteiger partial charge in [0.15, 0.2) is 0 Å². The number of hydrogen-bond donors (Lipinski definition) is 0. The molecule has 1 atom stereocenters. The molecule has 0 saturated carbocycles. The van der Waals surface area contributed by atoms with Gasteiger partial charge in [0.05, 0.1) is 10.8 Å². The van der Waals surface area contributed by atoms with Gasteiger partial charge in [-0.1, -0.05) is 6.92 Å². The minimum atomic E-state index is -1.19. The zero-order valence-electron chi connectivity index (χ0n) is 11.9. The van der Waals surface area contributed by atoms with Gasteiger partial charge in [-0.3, -0.25) is 9.59 Å². The Morgan fingerprint density at radius 1 is 0.947 bits per heavy atom. The first kappa shape index (κ1) is 17.8. The number of carbonyl (C=O) groups excluding carboxylic acids is 2. The Labute approximate surface area is 112 Å². The Balaban J connectivity index is 5.06. The van der Waals surface area contributed by atoms with E-state index >= 15 is 0 Å². The van der Waals surface area contributed by atoms with Crippen molar-refractivity contribution in [2.75, 3.05) is 26.6 Å². The Morgan fingerprint density at radius 3 is 1.74 bits per heavy atom. The van der Waals surface area contributed by atoms with Crippen LogP contribution >= 0.6 is 0 Å². The van der Waals surface area contributed by atoms with Crippen molar-refractivity contribution in [3.8, 4) is 0 Å². The van der Waals surface area contributed by atoms with Crippen LogP contribution in [0.3, 0.4) is 0 Å². The molecule has 0 aliphatic rings. The van der Waals surface area contributed by atoms with Gasteiger partial charge in [0.2, 0.25) is 0 Å². The fourth-order valence-corrected chi connectivity index (χ4v) is 1.67. The first-order valence-corrected chi connectivity index (χ1v) is 6.24. The lowest BCUT2D eigenvalue weighted by atomic mass is 9.65. The van der Waals surface area contributed by atoms with Crippen LogP contribution in [0.1, 0.15) is 34.1 Å². The van der Waals surface area contributed by atoms with E-state index in [4.69, 9.17) is 9.47 Å². The molecule has 0 aliphatic heterocycles. The molecule has 0 rings (SSSR count). The summed E-state index contributed by atoms with van der Waals surface area (Å²) >= 11 is 0. The van der Waals surface area contributed by atoms with Gasteiger partial charge in [0, 0.05) is 0 Å². The molecular formula is C13H22F2O4. The highest BCUT2D eigenvalue weighted by molar-refractivity contribution is 5.87. The minimum absolute atomic E-state index is 0.315. The largest absolute Gasteiger partial charge is 0.462 e. The van der Waals surface area contributed by atoms with E-state index in [1.54, 1.807) is 13.8 Å². The average Bonchev–Trinajstić information content (AvgIpc) is 2.40. The first-order valence-electron chi connectivity index (χ1n) is 6.24. The molecule has 0 aromatic rings. The summed E-state index contributed by atoms with van der Waals surface area (Å²) in [6, 6.07) is 0. The monoisotopic (exact) mass is 280 g/mol. The predicted molar refractivity (Wildman–Crippen MR) is 66.0 cm³/mol. The Morgan fingerprint density at radius 2 is 1.37 bits per heavy atom. The van der Waals surface area contributed by atoms with Crippen molar-refractivity contribution in [3.63, 3.8) is 0 Å². The van der Waals surface area contributed by atoms with E-state index in [0.717, 1.165) is 0 Å². The van der Waals surface area contributed by atoms with Gasteiger partial charge in [-0.05, 0) is 27.2 Å². The van der Waals surface area contributed by atoms with Crippen LogP contribution in [0, 0.1) is 10.8 Å². The molecule has 112 valence electrons. The van der Waals surface area contributed by atoms with E-state index in [2.05, 4.69) is 0 Å². The second kappa shape index (κ2) is 7.40. The van der Waals surface area contributed by atoms with Crippen molar-refractivity contribution in [1.29, 1.82) is 0 Å². The highest BCUT2D eigenvalue weighted by Gasteiger charge is 2.52. The molecule has 4 nitrogen and oxygen atoms in total. The third-order valence-corrected chi connectivity index (χ3v) is 3.67. The van der Waals surface area contributed by atoms with Gasteiger partial charge in [-0.15, -0.1) is 0 Å². The van der Waals surface area contributed by atoms with E-state index in [1.807, 2.05) is 0 Å². The SMILES string of the molecule is CCC(C)(C(=O)OCCF)C(C)(C)C(=O)OCCF. The molecule has 0 amide bonds. The van der Waals surface area contributed by atoms with Crippen molar-refractivity contribution in [3.05, 3.63) is 0 Å². The quantitative estimate of drug-likeness (QED) is 0.641. The first-order chi connectivity index (χ1) is 8.77. The maximum absolute atomic E-state index is 12.1. The predicted octanol–water partition coefficient (Wildman–Crippen LogP) is 2.45. The highest BCUT2D eigenvalue weighted by atomic mass is 19.1. The lowest BCUT2D eigenvalue weighted by Crippen LogP contribution is -2.48. The molecule has 0 aliphatic carbocycles. The van der Waals surface area contributed by atoms with Gasteiger partial charge < -0.3 is 9.47 Å². The number of rotatable bonds is 8. The number of alkyl halides is 2. The summed E-state index contributed by atoms with van der Waals surface area (Å²) < 4.78 is 33.6. The second-order valence-corrected chi connectivity index (χ2v) is 4.96. The van der Waals surface area contributed by atoms with E-state index in [-0.39, 0.29) is 13.2 Å². The number of esters is 2. The molecule has 0 aromatic heterocycles. The summed E-state index contributed by atoms with van der Waals surface area (Å²) in [6.07, 6.45) is 0.315. The van der Waals surface area contributed by atoms with E-state index in [1.165, 1.54) is 13.8 Å². The maximum Gasteiger partial charge on any atom is 0.313 e. The summed E-state index contributed by atoms with van der Waals surface area (Å²) in [5, 5.41) is 0. The van der Waals surface area contributed by atoms with Crippen LogP contribution in [0.5, 0.6) is 0 Å².